The van der Waals surface area contributed by atoms with E-state index in [1.165, 1.54) is 18.4 Å². The first-order chi connectivity index (χ1) is 14.1. The van der Waals surface area contributed by atoms with Gasteiger partial charge in [0.2, 0.25) is 0 Å². The lowest BCUT2D eigenvalue weighted by molar-refractivity contribution is 0.101. The molecule has 0 bridgehead atoms. The zero-order valence-electron chi connectivity index (χ0n) is 16.2. The molecular formula is C22H22N2O4S. The molecule has 2 aromatic carbocycles. The highest BCUT2D eigenvalue weighted by Gasteiger charge is 2.13. The van der Waals surface area contributed by atoms with E-state index in [4.69, 9.17) is 9.47 Å². The maximum atomic E-state index is 12.5. The van der Waals surface area contributed by atoms with E-state index in [1.54, 1.807) is 48.5 Å². The summed E-state index contributed by atoms with van der Waals surface area (Å²) >= 11 is 1.36. The van der Waals surface area contributed by atoms with E-state index in [0.717, 1.165) is 12.2 Å². The van der Waals surface area contributed by atoms with Gasteiger partial charge in [-0.2, -0.15) is 0 Å². The first-order valence-electron chi connectivity index (χ1n) is 9.18. The fourth-order valence-corrected chi connectivity index (χ4v) is 3.21. The van der Waals surface area contributed by atoms with Crippen LogP contribution in [0.5, 0.6) is 11.5 Å². The minimum Gasteiger partial charge on any atom is -0.494 e. The van der Waals surface area contributed by atoms with Crippen LogP contribution in [0.15, 0.2) is 60.0 Å². The minimum absolute atomic E-state index is 0.208. The normalized spacial score (nSPS) is 10.3. The molecule has 150 valence electrons. The number of thiophene rings is 1. The highest BCUT2D eigenvalue weighted by Crippen LogP contribution is 2.29. The monoisotopic (exact) mass is 410 g/mol. The van der Waals surface area contributed by atoms with Gasteiger partial charge in [0.15, 0.2) is 0 Å². The van der Waals surface area contributed by atoms with Gasteiger partial charge in [0, 0.05) is 17.3 Å². The van der Waals surface area contributed by atoms with Gasteiger partial charge in [0.1, 0.15) is 11.5 Å². The molecule has 0 aliphatic rings. The lowest BCUT2D eigenvalue weighted by Crippen LogP contribution is -2.13. The van der Waals surface area contributed by atoms with Crippen molar-refractivity contribution >= 4 is 34.5 Å². The summed E-state index contributed by atoms with van der Waals surface area (Å²) < 4.78 is 10.9. The molecule has 0 aliphatic carbocycles. The van der Waals surface area contributed by atoms with Crippen molar-refractivity contribution in [3.63, 3.8) is 0 Å². The van der Waals surface area contributed by atoms with Crippen molar-refractivity contribution in [2.75, 3.05) is 24.4 Å². The van der Waals surface area contributed by atoms with Gasteiger partial charge < -0.3 is 20.1 Å². The number of benzene rings is 2. The van der Waals surface area contributed by atoms with Crippen molar-refractivity contribution in [2.24, 2.45) is 0 Å². The number of ether oxygens (including phenoxy) is 2. The van der Waals surface area contributed by atoms with Crippen LogP contribution in [0.1, 0.15) is 33.4 Å². The van der Waals surface area contributed by atoms with Gasteiger partial charge >= 0.3 is 0 Å². The van der Waals surface area contributed by atoms with Crippen LogP contribution in [0, 0.1) is 0 Å². The third-order valence-corrected chi connectivity index (χ3v) is 4.91. The predicted octanol–water partition coefficient (Wildman–Crippen LogP) is 5.05. The van der Waals surface area contributed by atoms with Crippen molar-refractivity contribution in [3.05, 3.63) is 70.4 Å². The molecule has 0 saturated carbocycles. The molecule has 1 heterocycles. The summed E-state index contributed by atoms with van der Waals surface area (Å²) in [5, 5.41) is 7.49. The van der Waals surface area contributed by atoms with Crippen molar-refractivity contribution < 1.29 is 19.1 Å². The van der Waals surface area contributed by atoms with Gasteiger partial charge in [-0.1, -0.05) is 13.0 Å². The number of carbonyl (C=O) groups is 2. The average Bonchev–Trinajstić information content (AvgIpc) is 3.28. The molecule has 7 heteroatoms. The molecule has 0 radical (unpaired) electrons. The van der Waals surface area contributed by atoms with E-state index in [0.29, 0.717) is 34.2 Å². The van der Waals surface area contributed by atoms with Crippen LogP contribution in [-0.2, 0) is 0 Å². The van der Waals surface area contributed by atoms with Crippen LogP contribution >= 0.6 is 11.3 Å². The Kier molecular flexibility index (Phi) is 6.86. The van der Waals surface area contributed by atoms with Crippen LogP contribution in [-0.4, -0.2) is 25.5 Å². The first-order valence-corrected chi connectivity index (χ1v) is 10.1. The molecular weight excluding hydrogens is 388 g/mol. The summed E-state index contributed by atoms with van der Waals surface area (Å²) in [6.45, 7) is 2.68. The van der Waals surface area contributed by atoms with Crippen LogP contribution in [0.4, 0.5) is 11.4 Å². The maximum absolute atomic E-state index is 12.5. The Morgan fingerprint density at radius 3 is 2.45 bits per heavy atom. The van der Waals surface area contributed by atoms with Crippen LogP contribution in [0.25, 0.3) is 0 Å². The largest absolute Gasteiger partial charge is 0.494 e. The molecule has 3 rings (SSSR count). The minimum atomic E-state index is -0.246. The quantitative estimate of drug-likeness (QED) is 0.545. The van der Waals surface area contributed by atoms with Gasteiger partial charge in [-0.25, -0.2) is 0 Å². The second kappa shape index (κ2) is 9.75. The zero-order chi connectivity index (χ0) is 20.6. The third kappa shape index (κ3) is 5.36. The third-order valence-electron chi connectivity index (χ3n) is 4.04. The lowest BCUT2D eigenvalue weighted by Gasteiger charge is -2.12. The molecule has 0 saturated heterocycles. The van der Waals surface area contributed by atoms with E-state index in [9.17, 15) is 9.59 Å². The summed E-state index contributed by atoms with van der Waals surface area (Å²) in [5.74, 6) is 0.733. The molecule has 1 aromatic heterocycles. The van der Waals surface area contributed by atoms with E-state index < -0.39 is 0 Å². The topological polar surface area (TPSA) is 76.7 Å². The Balaban J connectivity index is 1.67. The van der Waals surface area contributed by atoms with Gasteiger partial charge in [-0.15, -0.1) is 11.3 Å². The van der Waals surface area contributed by atoms with Crippen molar-refractivity contribution in [1.29, 1.82) is 0 Å². The summed E-state index contributed by atoms with van der Waals surface area (Å²) in [5.41, 5.74) is 1.61. The number of rotatable bonds is 8. The number of anilines is 2. The Labute approximate surface area is 173 Å². The Bertz CT molecular complexity index is 969. The number of hydrogen-bond donors (Lipinski definition) is 2. The molecule has 6 nitrogen and oxygen atoms in total. The van der Waals surface area contributed by atoms with Crippen molar-refractivity contribution in [3.8, 4) is 11.5 Å². The predicted molar refractivity (Wildman–Crippen MR) is 115 cm³/mol. The number of methoxy groups -OCH3 is 1. The van der Waals surface area contributed by atoms with E-state index >= 15 is 0 Å². The van der Waals surface area contributed by atoms with Crippen molar-refractivity contribution in [1.82, 2.24) is 0 Å². The smallest absolute Gasteiger partial charge is 0.265 e. The molecule has 2 N–H and O–H groups in total. The second-order valence-corrected chi connectivity index (χ2v) is 7.12. The lowest BCUT2D eigenvalue weighted by atomic mass is 10.2. The van der Waals surface area contributed by atoms with E-state index in [-0.39, 0.29) is 11.8 Å². The summed E-state index contributed by atoms with van der Waals surface area (Å²) in [6.07, 6.45) is 0.924. The van der Waals surface area contributed by atoms with Gasteiger partial charge in [-0.05, 0) is 54.3 Å². The SMILES string of the molecule is CCCOc1ccc(C(=O)Nc2ccc(NC(=O)c3cccs3)c(OC)c2)cc1. The first kappa shape index (κ1) is 20.4. The van der Waals surface area contributed by atoms with Crippen molar-refractivity contribution in [2.45, 2.75) is 13.3 Å². The van der Waals surface area contributed by atoms with Gasteiger partial charge in [-0.3, -0.25) is 9.59 Å². The number of amides is 2. The van der Waals surface area contributed by atoms with Gasteiger partial charge in [0.05, 0.1) is 24.3 Å². The van der Waals surface area contributed by atoms with Crippen LogP contribution < -0.4 is 20.1 Å². The summed E-state index contributed by atoms with van der Waals surface area (Å²) in [4.78, 5) is 25.4. The molecule has 0 fully saturated rings. The summed E-state index contributed by atoms with van der Waals surface area (Å²) in [7, 11) is 1.51. The number of carbonyl (C=O) groups excluding carboxylic acids is 2. The second-order valence-electron chi connectivity index (χ2n) is 6.17. The Morgan fingerprint density at radius 1 is 1.00 bits per heavy atom. The molecule has 0 spiro atoms. The van der Waals surface area contributed by atoms with Crippen LogP contribution in [0.2, 0.25) is 0 Å². The average molecular weight is 410 g/mol. The zero-order valence-corrected chi connectivity index (χ0v) is 17.0. The van der Waals surface area contributed by atoms with Gasteiger partial charge in [0.25, 0.3) is 11.8 Å². The molecule has 0 aliphatic heterocycles. The Hall–Kier alpha value is -3.32. The maximum Gasteiger partial charge on any atom is 0.265 e. The Morgan fingerprint density at radius 2 is 1.79 bits per heavy atom. The van der Waals surface area contributed by atoms with E-state index in [2.05, 4.69) is 10.6 Å². The number of hydrogen-bond acceptors (Lipinski definition) is 5. The molecule has 29 heavy (non-hydrogen) atoms. The standard InChI is InChI=1S/C22H22N2O4S/c1-3-12-28-17-9-6-15(7-10-17)21(25)23-16-8-11-18(19(14-16)27-2)24-22(26)20-5-4-13-29-20/h4-11,13-14H,3,12H2,1-2H3,(H,23,25)(H,24,26). The molecule has 3 aromatic rings. The fraction of sp³-hybridized carbons (Fsp3) is 0.182. The van der Waals surface area contributed by atoms with E-state index in [1.807, 2.05) is 18.4 Å². The van der Waals surface area contributed by atoms with Crippen LogP contribution in [0.3, 0.4) is 0 Å². The molecule has 0 atom stereocenters. The highest BCUT2D eigenvalue weighted by molar-refractivity contribution is 7.12. The molecule has 2 amide bonds. The fourth-order valence-electron chi connectivity index (χ4n) is 2.59. The highest BCUT2D eigenvalue weighted by atomic mass is 32.1. The number of nitrogens with one attached hydrogen (secondary N) is 2. The summed E-state index contributed by atoms with van der Waals surface area (Å²) in [6, 6.07) is 15.6. The molecule has 0 unspecified atom stereocenters.